The Morgan fingerprint density at radius 1 is 1.17 bits per heavy atom. The highest BCUT2D eigenvalue weighted by atomic mass is 32.1. The molecular formula is C21H29N5O2S. The molecule has 3 rings (SSSR count). The van der Waals surface area contributed by atoms with E-state index in [1.165, 1.54) is 16.9 Å². The van der Waals surface area contributed by atoms with E-state index in [1.807, 2.05) is 49.4 Å². The Bertz CT molecular complexity index is 815. The normalized spacial score (nSPS) is 14.8. The minimum atomic E-state index is -0.0423. The number of carbonyl (C=O) groups excluding carboxylic acids is 2. The molecular weight excluding hydrogens is 386 g/mol. The van der Waals surface area contributed by atoms with Gasteiger partial charge in [-0.05, 0) is 19.4 Å². The zero-order valence-electron chi connectivity index (χ0n) is 17.3. The van der Waals surface area contributed by atoms with Gasteiger partial charge in [-0.1, -0.05) is 30.3 Å². The molecule has 2 aromatic rings. The predicted molar refractivity (Wildman–Crippen MR) is 116 cm³/mol. The second kappa shape index (κ2) is 9.84. The maximum atomic E-state index is 12.8. The van der Waals surface area contributed by atoms with Crippen LogP contribution in [0.3, 0.4) is 0 Å². The Balaban J connectivity index is 1.47. The van der Waals surface area contributed by atoms with Gasteiger partial charge >= 0.3 is 0 Å². The van der Waals surface area contributed by atoms with Crippen LogP contribution in [0.5, 0.6) is 0 Å². The zero-order chi connectivity index (χ0) is 20.8. The molecule has 8 heteroatoms. The maximum absolute atomic E-state index is 12.8. The number of anilines is 1. The first kappa shape index (κ1) is 21.3. The van der Waals surface area contributed by atoms with Crippen LogP contribution in [0.25, 0.3) is 0 Å². The van der Waals surface area contributed by atoms with Crippen molar-refractivity contribution < 1.29 is 9.59 Å². The van der Waals surface area contributed by atoms with Gasteiger partial charge in [-0.25, -0.2) is 4.98 Å². The van der Waals surface area contributed by atoms with Crippen LogP contribution in [0.15, 0.2) is 35.7 Å². The van der Waals surface area contributed by atoms with E-state index in [4.69, 9.17) is 0 Å². The lowest BCUT2D eigenvalue weighted by atomic mass is 10.2. The molecule has 156 valence electrons. The molecule has 1 aliphatic rings. The lowest BCUT2D eigenvalue weighted by molar-refractivity contribution is -0.132. The highest BCUT2D eigenvalue weighted by molar-refractivity contribution is 7.13. The third-order valence-corrected chi connectivity index (χ3v) is 6.00. The van der Waals surface area contributed by atoms with Crippen molar-refractivity contribution in [2.24, 2.45) is 0 Å². The second-order valence-electron chi connectivity index (χ2n) is 7.54. The molecule has 2 amide bonds. The summed E-state index contributed by atoms with van der Waals surface area (Å²) in [5, 5.41) is 5.83. The van der Waals surface area contributed by atoms with Crippen molar-refractivity contribution in [2.75, 3.05) is 45.1 Å². The molecule has 0 bridgehead atoms. The molecule has 1 aliphatic heterocycles. The van der Waals surface area contributed by atoms with Crippen molar-refractivity contribution in [1.82, 2.24) is 19.7 Å². The van der Waals surface area contributed by atoms with Crippen molar-refractivity contribution in [3.8, 4) is 0 Å². The predicted octanol–water partition coefficient (Wildman–Crippen LogP) is 2.38. The Morgan fingerprint density at radius 2 is 1.86 bits per heavy atom. The Morgan fingerprint density at radius 3 is 2.52 bits per heavy atom. The molecule has 7 nitrogen and oxygen atoms in total. The van der Waals surface area contributed by atoms with E-state index in [0.29, 0.717) is 45.0 Å². The largest absolute Gasteiger partial charge is 0.357 e. The van der Waals surface area contributed by atoms with Crippen molar-refractivity contribution in [3.63, 3.8) is 0 Å². The summed E-state index contributed by atoms with van der Waals surface area (Å²) in [6.07, 6.45) is 0. The minimum absolute atomic E-state index is 0.0423. The summed E-state index contributed by atoms with van der Waals surface area (Å²) in [7, 11) is 1.83. The van der Waals surface area contributed by atoms with Gasteiger partial charge in [0, 0.05) is 51.2 Å². The number of amides is 2. The Labute approximate surface area is 176 Å². The van der Waals surface area contributed by atoms with Crippen LogP contribution < -0.4 is 5.32 Å². The van der Waals surface area contributed by atoms with E-state index < -0.39 is 0 Å². The third kappa shape index (κ3) is 5.77. The molecule has 1 aromatic carbocycles. The molecule has 0 saturated carbocycles. The fraction of sp³-hybridized carbons (Fsp3) is 0.476. The summed E-state index contributed by atoms with van der Waals surface area (Å²) in [6, 6.07) is 10.3. The number of aromatic nitrogens is 1. The van der Waals surface area contributed by atoms with Gasteiger partial charge in [0.15, 0.2) is 5.13 Å². The molecule has 1 N–H and O–H groups in total. The first-order valence-corrected chi connectivity index (χ1v) is 10.8. The topological polar surface area (TPSA) is 68.8 Å². The Kier molecular flexibility index (Phi) is 7.22. The SMILES string of the molecule is CC(C)N(C)C(=O)CN1CCN(C(=O)c2csc(NCc3ccccc3)n2)CC1. The van der Waals surface area contributed by atoms with Crippen LogP contribution in [0.1, 0.15) is 29.9 Å². The summed E-state index contributed by atoms with van der Waals surface area (Å²) in [6.45, 7) is 7.72. The smallest absolute Gasteiger partial charge is 0.273 e. The monoisotopic (exact) mass is 415 g/mol. The molecule has 29 heavy (non-hydrogen) atoms. The third-order valence-electron chi connectivity index (χ3n) is 5.20. The standard InChI is InChI=1S/C21H29N5O2S/c1-16(2)24(3)19(27)14-25-9-11-26(12-10-25)20(28)18-15-29-21(23-18)22-13-17-7-5-4-6-8-17/h4-8,15-16H,9-14H2,1-3H3,(H,22,23). The summed E-state index contributed by atoms with van der Waals surface area (Å²) >= 11 is 1.45. The number of hydrogen-bond donors (Lipinski definition) is 1. The highest BCUT2D eigenvalue weighted by Crippen LogP contribution is 2.18. The molecule has 1 fully saturated rings. The van der Waals surface area contributed by atoms with Gasteiger partial charge in [-0.15, -0.1) is 11.3 Å². The van der Waals surface area contributed by atoms with Crippen LogP contribution in [-0.4, -0.2) is 77.3 Å². The van der Waals surface area contributed by atoms with Crippen LogP contribution in [0.2, 0.25) is 0 Å². The summed E-state index contributed by atoms with van der Waals surface area (Å²) in [4.78, 5) is 35.2. The van der Waals surface area contributed by atoms with E-state index in [2.05, 4.69) is 27.3 Å². The number of thiazole rings is 1. The molecule has 0 atom stereocenters. The molecule has 1 saturated heterocycles. The van der Waals surface area contributed by atoms with E-state index >= 15 is 0 Å². The quantitative estimate of drug-likeness (QED) is 0.752. The number of piperazine rings is 1. The number of rotatable bonds is 7. The maximum Gasteiger partial charge on any atom is 0.273 e. The van der Waals surface area contributed by atoms with Gasteiger partial charge in [0.05, 0.1) is 6.54 Å². The second-order valence-corrected chi connectivity index (χ2v) is 8.40. The lowest BCUT2D eigenvalue weighted by Crippen LogP contribution is -2.51. The summed E-state index contributed by atoms with van der Waals surface area (Å²) in [5.74, 6) is 0.0766. The van der Waals surface area contributed by atoms with Gasteiger partial charge in [-0.3, -0.25) is 14.5 Å². The molecule has 1 aromatic heterocycles. The fourth-order valence-electron chi connectivity index (χ4n) is 3.09. The number of benzene rings is 1. The van der Waals surface area contributed by atoms with Gasteiger partial charge in [0.1, 0.15) is 5.69 Å². The molecule has 0 spiro atoms. The van der Waals surface area contributed by atoms with Crippen molar-refractivity contribution in [3.05, 3.63) is 47.0 Å². The first-order valence-electron chi connectivity index (χ1n) is 9.94. The number of likely N-dealkylation sites (N-methyl/N-ethyl adjacent to an activating group) is 1. The minimum Gasteiger partial charge on any atom is -0.357 e. The summed E-state index contributed by atoms with van der Waals surface area (Å²) in [5.41, 5.74) is 1.65. The average Bonchev–Trinajstić information content (AvgIpc) is 3.21. The van der Waals surface area contributed by atoms with Crippen LogP contribution in [0, 0.1) is 0 Å². The molecule has 0 radical (unpaired) electrons. The summed E-state index contributed by atoms with van der Waals surface area (Å²) < 4.78 is 0. The van der Waals surface area contributed by atoms with Crippen LogP contribution in [-0.2, 0) is 11.3 Å². The van der Waals surface area contributed by atoms with Crippen LogP contribution in [0.4, 0.5) is 5.13 Å². The van der Waals surface area contributed by atoms with Gasteiger partial charge in [0.25, 0.3) is 5.91 Å². The number of nitrogens with zero attached hydrogens (tertiary/aromatic N) is 4. The Hall–Kier alpha value is -2.45. The van der Waals surface area contributed by atoms with E-state index in [0.717, 1.165) is 5.13 Å². The highest BCUT2D eigenvalue weighted by Gasteiger charge is 2.25. The van der Waals surface area contributed by atoms with Gasteiger partial charge in [0.2, 0.25) is 5.91 Å². The van der Waals surface area contributed by atoms with Gasteiger partial charge in [-0.2, -0.15) is 0 Å². The van der Waals surface area contributed by atoms with Crippen LogP contribution >= 0.6 is 11.3 Å². The fourth-order valence-corrected chi connectivity index (χ4v) is 3.77. The average molecular weight is 416 g/mol. The molecule has 2 heterocycles. The number of nitrogens with one attached hydrogen (secondary N) is 1. The number of hydrogen-bond acceptors (Lipinski definition) is 6. The first-order chi connectivity index (χ1) is 13.9. The van der Waals surface area contributed by atoms with Crippen molar-refractivity contribution >= 4 is 28.3 Å². The van der Waals surface area contributed by atoms with E-state index in [-0.39, 0.29) is 17.9 Å². The molecule has 0 unspecified atom stereocenters. The number of carbonyl (C=O) groups is 2. The van der Waals surface area contributed by atoms with E-state index in [1.54, 1.807) is 4.90 Å². The van der Waals surface area contributed by atoms with Gasteiger partial charge < -0.3 is 15.1 Å². The van der Waals surface area contributed by atoms with Crippen molar-refractivity contribution in [1.29, 1.82) is 0 Å². The van der Waals surface area contributed by atoms with E-state index in [9.17, 15) is 9.59 Å². The molecule has 0 aliphatic carbocycles. The lowest BCUT2D eigenvalue weighted by Gasteiger charge is -2.35. The van der Waals surface area contributed by atoms with Crippen molar-refractivity contribution in [2.45, 2.75) is 26.4 Å². The zero-order valence-corrected chi connectivity index (χ0v) is 18.1.